The molecule has 0 aromatic rings. The summed E-state index contributed by atoms with van der Waals surface area (Å²) < 4.78 is 0. The molecule has 0 aliphatic carbocycles. The molecule has 0 aromatic heterocycles. The average molecular weight is 243 g/mol. The predicted octanol–water partition coefficient (Wildman–Crippen LogP) is -3.93. The first kappa shape index (κ1) is 18.2. The van der Waals surface area contributed by atoms with Crippen LogP contribution in [-0.4, -0.2) is 46.5 Å². The van der Waals surface area contributed by atoms with Gasteiger partial charge in [0.2, 0.25) is 5.91 Å². The van der Waals surface area contributed by atoms with Crippen LogP contribution in [0.25, 0.3) is 0 Å². The van der Waals surface area contributed by atoms with Crippen molar-refractivity contribution in [3.63, 3.8) is 0 Å². The van der Waals surface area contributed by atoms with E-state index >= 15 is 0 Å². The molecule has 0 heterocycles. The van der Waals surface area contributed by atoms with Gasteiger partial charge in [-0.1, -0.05) is 13.8 Å². The molecule has 1 atom stereocenters. The number of carbonyl (C=O) groups is 2. The fourth-order valence-electron chi connectivity index (χ4n) is 0.831. The summed E-state index contributed by atoms with van der Waals surface area (Å²) in [6.07, 6.45) is -1.55. The van der Waals surface area contributed by atoms with Crippen LogP contribution in [0.1, 0.15) is 21.7 Å². The zero-order valence-electron chi connectivity index (χ0n) is 10.9. The Morgan fingerprint density at radius 2 is 1.94 bits per heavy atom. The quantitative estimate of drug-likeness (QED) is 0.356. The van der Waals surface area contributed by atoms with Crippen LogP contribution >= 0.6 is 0 Å². The fraction of sp³-hybridized carbons (Fsp3) is 0.778. The SMILES string of the molecule is CC(C)(CO)[C@H](O)C(=O)NCCC(=O)O.[H-].[Na+]. The fourth-order valence-corrected chi connectivity index (χ4v) is 0.831. The molecule has 0 saturated carbocycles. The molecule has 0 unspecified atom stereocenters. The van der Waals surface area contributed by atoms with Crippen molar-refractivity contribution < 1.29 is 55.9 Å². The van der Waals surface area contributed by atoms with Gasteiger partial charge >= 0.3 is 35.5 Å². The van der Waals surface area contributed by atoms with Gasteiger partial charge in [0.1, 0.15) is 6.10 Å². The van der Waals surface area contributed by atoms with Crippen LogP contribution in [0, 0.1) is 5.41 Å². The summed E-state index contributed by atoms with van der Waals surface area (Å²) >= 11 is 0. The number of aliphatic hydroxyl groups excluding tert-OH is 2. The van der Waals surface area contributed by atoms with E-state index in [1.807, 2.05) is 0 Å². The Balaban J connectivity index is -0.000000980. The minimum Gasteiger partial charge on any atom is -1.00 e. The molecule has 0 aromatic carbocycles. The van der Waals surface area contributed by atoms with E-state index in [9.17, 15) is 14.7 Å². The third-order valence-electron chi connectivity index (χ3n) is 2.03. The van der Waals surface area contributed by atoms with E-state index in [-0.39, 0.29) is 50.6 Å². The van der Waals surface area contributed by atoms with Gasteiger partial charge in [0, 0.05) is 12.0 Å². The van der Waals surface area contributed by atoms with E-state index in [4.69, 9.17) is 10.2 Å². The Bertz CT molecular complexity index is 250. The zero-order valence-corrected chi connectivity index (χ0v) is 11.9. The molecule has 0 rings (SSSR count). The summed E-state index contributed by atoms with van der Waals surface area (Å²) in [5, 5.41) is 29.0. The molecule has 0 aliphatic rings. The molecule has 0 spiro atoms. The van der Waals surface area contributed by atoms with Crippen molar-refractivity contribution in [2.24, 2.45) is 5.41 Å². The second kappa shape index (κ2) is 8.03. The smallest absolute Gasteiger partial charge is 1.00 e. The van der Waals surface area contributed by atoms with E-state index < -0.39 is 23.4 Å². The van der Waals surface area contributed by atoms with E-state index in [0.29, 0.717) is 0 Å². The summed E-state index contributed by atoms with van der Waals surface area (Å²) in [5.41, 5.74) is -0.937. The molecule has 0 radical (unpaired) electrons. The third kappa shape index (κ3) is 6.44. The van der Waals surface area contributed by atoms with Crippen LogP contribution in [0.2, 0.25) is 0 Å². The molecule has 0 aliphatic heterocycles. The maximum atomic E-state index is 11.3. The molecular weight excluding hydrogens is 225 g/mol. The Morgan fingerprint density at radius 3 is 2.31 bits per heavy atom. The van der Waals surface area contributed by atoms with Gasteiger partial charge < -0.3 is 22.1 Å². The Kier molecular flexibility index (Phi) is 9.14. The first-order chi connectivity index (χ1) is 6.81. The number of carbonyl (C=O) groups excluding carboxylic acids is 1. The van der Waals surface area contributed by atoms with Crippen LogP contribution in [0.15, 0.2) is 0 Å². The minimum absolute atomic E-state index is 0. The Morgan fingerprint density at radius 1 is 1.44 bits per heavy atom. The summed E-state index contributed by atoms with van der Waals surface area (Å²) in [6.45, 7) is 2.70. The standard InChI is InChI=1S/C9H17NO5.Na.H/c1-9(2,5-11)7(14)8(15)10-4-3-6(12)13;;/h7,11,14H,3-5H2,1-2H3,(H,10,15)(H,12,13);;/q;+1;-1/t7-;;/m1../s1. The van der Waals surface area contributed by atoms with Crippen molar-refractivity contribution in [2.45, 2.75) is 26.4 Å². The summed E-state index contributed by atoms with van der Waals surface area (Å²) in [7, 11) is 0. The number of hydrogen-bond donors (Lipinski definition) is 4. The maximum absolute atomic E-state index is 11.3. The first-order valence-electron chi connectivity index (χ1n) is 4.59. The van der Waals surface area contributed by atoms with Gasteiger partial charge in [-0.05, 0) is 0 Å². The van der Waals surface area contributed by atoms with Crippen molar-refractivity contribution in [1.29, 1.82) is 0 Å². The Hall–Kier alpha value is -0.140. The topological polar surface area (TPSA) is 107 Å². The van der Waals surface area contributed by atoms with Crippen molar-refractivity contribution in [3.05, 3.63) is 0 Å². The van der Waals surface area contributed by atoms with E-state index in [1.165, 1.54) is 13.8 Å². The summed E-state index contributed by atoms with van der Waals surface area (Å²) in [6, 6.07) is 0. The van der Waals surface area contributed by atoms with Crippen LogP contribution in [-0.2, 0) is 9.59 Å². The van der Waals surface area contributed by atoms with E-state index in [1.54, 1.807) is 0 Å². The molecule has 0 fully saturated rings. The predicted molar refractivity (Wildman–Crippen MR) is 53.2 cm³/mol. The van der Waals surface area contributed by atoms with Gasteiger partial charge in [-0.3, -0.25) is 9.59 Å². The molecule has 4 N–H and O–H groups in total. The van der Waals surface area contributed by atoms with Crippen LogP contribution in [0.5, 0.6) is 0 Å². The van der Waals surface area contributed by atoms with Crippen molar-refractivity contribution in [3.8, 4) is 0 Å². The maximum Gasteiger partial charge on any atom is 1.00 e. The van der Waals surface area contributed by atoms with Gasteiger partial charge in [-0.15, -0.1) is 0 Å². The molecule has 1 amide bonds. The summed E-state index contributed by atoms with van der Waals surface area (Å²) in [5.74, 6) is -1.69. The van der Waals surface area contributed by atoms with Crippen LogP contribution in [0.3, 0.4) is 0 Å². The van der Waals surface area contributed by atoms with Gasteiger partial charge in [-0.25, -0.2) is 0 Å². The van der Waals surface area contributed by atoms with Crippen molar-refractivity contribution in [1.82, 2.24) is 5.32 Å². The number of aliphatic carboxylic acids is 1. The minimum atomic E-state index is -1.35. The normalized spacial score (nSPS) is 12.5. The number of rotatable bonds is 6. The number of carboxylic acid groups (broad SMARTS) is 1. The molecule has 0 saturated heterocycles. The molecule has 0 bridgehead atoms. The number of nitrogens with one attached hydrogen (secondary N) is 1. The van der Waals surface area contributed by atoms with Crippen molar-refractivity contribution in [2.75, 3.05) is 13.2 Å². The zero-order chi connectivity index (χ0) is 12.1. The van der Waals surface area contributed by atoms with Gasteiger partial charge in [0.15, 0.2) is 0 Å². The largest absolute Gasteiger partial charge is 1.00 e. The number of carboxylic acids is 1. The van der Waals surface area contributed by atoms with E-state index in [2.05, 4.69) is 5.32 Å². The number of aliphatic hydroxyl groups is 2. The van der Waals surface area contributed by atoms with E-state index in [0.717, 1.165) is 0 Å². The van der Waals surface area contributed by atoms with Gasteiger partial charge in [0.05, 0.1) is 13.0 Å². The second-order valence-electron chi connectivity index (χ2n) is 3.98. The first-order valence-corrected chi connectivity index (χ1v) is 4.59. The molecule has 7 heteroatoms. The van der Waals surface area contributed by atoms with Gasteiger partial charge in [0.25, 0.3) is 0 Å². The molecular formula is C9H18NNaO5. The molecule has 90 valence electrons. The van der Waals surface area contributed by atoms with Gasteiger partial charge in [-0.2, -0.15) is 0 Å². The average Bonchev–Trinajstić information content (AvgIpc) is 2.15. The number of amides is 1. The monoisotopic (exact) mass is 243 g/mol. The summed E-state index contributed by atoms with van der Waals surface area (Å²) in [4.78, 5) is 21.4. The van der Waals surface area contributed by atoms with Crippen LogP contribution < -0.4 is 34.9 Å². The second-order valence-corrected chi connectivity index (χ2v) is 3.98. The Labute approximate surface area is 118 Å². The number of hydrogen-bond acceptors (Lipinski definition) is 4. The molecule has 16 heavy (non-hydrogen) atoms. The molecule has 6 nitrogen and oxygen atoms in total. The third-order valence-corrected chi connectivity index (χ3v) is 2.03. The van der Waals surface area contributed by atoms with Crippen molar-refractivity contribution >= 4 is 11.9 Å². The van der Waals surface area contributed by atoms with Crippen LogP contribution in [0.4, 0.5) is 0 Å².